The summed E-state index contributed by atoms with van der Waals surface area (Å²) >= 11 is 0. The van der Waals surface area contributed by atoms with E-state index in [2.05, 4.69) is 19.7 Å². The van der Waals surface area contributed by atoms with E-state index in [9.17, 15) is 0 Å². The third-order valence-corrected chi connectivity index (χ3v) is 4.38. The molecule has 6 nitrogen and oxygen atoms in total. The van der Waals surface area contributed by atoms with Crippen LogP contribution in [0.5, 0.6) is 0 Å². The van der Waals surface area contributed by atoms with Crippen LogP contribution in [-0.4, -0.2) is 72.4 Å². The van der Waals surface area contributed by atoms with Crippen molar-refractivity contribution >= 4 is 11.8 Å². The maximum atomic E-state index is 9.00. The van der Waals surface area contributed by atoms with Crippen molar-refractivity contribution in [2.75, 3.05) is 62.2 Å². The van der Waals surface area contributed by atoms with Crippen molar-refractivity contribution in [2.24, 2.45) is 0 Å². The van der Waals surface area contributed by atoms with Crippen LogP contribution in [0.4, 0.5) is 11.8 Å². The normalized spacial score (nSPS) is 20.8. The van der Waals surface area contributed by atoms with Crippen molar-refractivity contribution in [3.63, 3.8) is 0 Å². The number of anilines is 2. The standard InChI is InChI=1S/C15H25N5O/c21-13-12-18-8-10-19(11-9-18)14-4-5-16-15(17-14)20-6-2-1-3-7-20/h4-5,21H,1-3,6-13H2. The molecule has 1 aromatic rings. The molecule has 0 spiro atoms. The molecule has 0 aromatic carbocycles. The number of piperazine rings is 1. The summed E-state index contributed by atoms with van der Waals surface area (Å²) in [5.41, 5.74) is 0. The van der Waals surface area contributed by atoms with Crippen LogP contribution in [0.25, 0.3) is 0 Å². The van der Waals surface area contributed by atoms with Gasteiger partial charge in [-0.1, -0.05) is 0 Å². The van der Waals surface area contributed by atoms with Crippen LogP contribution in [0.15, 0.2) is 12.3 Å². The summed E-state index contributed by atoms with van der Waals surface area (Å²) in [6.07, 6.45) is 5.69. The first-order valence-electron chi connectivity index (χ1n) is 8.03. The van der Waals surface area contributed by atoms with Crippen molar-refractivity contribution in [1.29, 1.82) is 0 Å². The van der Waals surface area contributed by atoms with E-state index in [0.29, 0.717) is 0 Å². The fourth-order valence-corrected chi connectivity index (χ4v) is 3.10. The Morgan fingerprint density at radius 3 is 2.43 bits per heavy atom. The maximum absolute atomic E-state index is 9.00. The van der Waals surface area contributed by atoms with Gasteiger partial charge in [0.25, 0.3) is 0 Å². The van der Waals surface area contributed by atoms with Crippen molar-refractivity contribution in [3.05, 3.63) is 12.3 Å². The van der Waals surface area contributed by atoms with Gasteiger partial charge in [0.2, 0.25) is 5.95 Å². The minimum Gasteiger partial charge on any atom is -0.395 e. The van der Waals surface area contributed by atoms with Crippen molar-refractivity contribution in [3.8, 4) is 0 Å². The first kappa shape index (κ1) is 14.5. The van der Waals surface area contributed by atoms with Crippen LogP contribution < -0.4 is 9.80 Å². The molecule has 1 N–H and O–H groups in total. The first-order chi connectivity index (χ1) is 10.4. The molecule has 6 heteroatoms. The highest BCUT2D eigenvalue weighted by Gasteiger charge is 2.19. The van der Waals surface area contributed by atoms with E-state index < -0.39 is 0 Å². The summed E-state index contributed by atoms with van der Waals surface area (Å²) < 4.78 is 0. The molecular weight excluding hydrogens is 266 g/mol. The molecule has 0 amide bonds. The quantitative estimate of drug-likeness (QED) is 0.876. The maximum Gasteiger partial charge on any atom is 0.227 e. The summed E-state index contributed by atoms with van der Waals surface area (Å²) in [6, 6.07) is 2.01. The van der Waals surface area contributed by atoms with Crippen LogP contribution in [0.3, 0.4) is 0 Å². The minimum atomic E-state index is 0.243. The number of aromatic nitrogens is 2. The molecule has 3 heterocycles. The Kier molecular flexibility index (Phi) is 4.87. The van der Waals surface area contributed by atoms with Gasteiger partial charge in [0, 0.05) is 52.0 Å². The zero-order chi connectivity index (χ0) is 14.5. The van der Waals surface area contributed by atoms with E-state index in [-0.39, 0.29) is 6.61 Å². The molecule has 2 fully saturated rings. The highest BCUT2D eigenvalue weighted by Crippen LogP contribution is 2.19. The predicted octanol–water partition coefficient (Wildman–Crippen LogP) is 0.581. The Labute approximate surface area is 126 Å². The zero-order valence-electron chi connectivity index (χ0n) is 12.6. The largest absolute Gasteiger partial charge is 0.395 e. The van der Waals surface area contributed by atoms with Gasteiger partial charge in [-0.3, -0.25) is 4.90 Å². The summed E-state index contributed by atoms with van der Waals surface area (Å²) in [7, 11) is 0. The van der Waals surface area contributed by atoms with Gasteiger partial charge < -0.3 is 14.9 Å². The zero-order valence-corrected chi connectivity index (χ0v) is 12.6. The molecule has 1 aromatic heterocycles. The molecule has 2 aliphatic heterocycles. The smallest absolute Gasteiger partial charge is 0.227 e. The molecule has 0 unspecified atom stereocenters. The molecule has 21 heavy (non-hydrogen) atoms. The van der Waals surface area contributed by atoms with E-state index in [1.807, 2.05) is 12.3 Å². The average molecular weight is 291 g/mol. The van der Waals surface area contributed by atoms with E-state index in [0.717, 1.165) is 57.6 Å². The summed E-state index contributed by atoms with van der Waals surface area (Å²) in [4.78, 5) is 16.1. The fourth-order valence-electron chi connectivity index (χ4n) is 3.10. The summed E-state index contributed by atoms with van der Waals surface area (Å²) in [5.74, 6) is 1.92. The van der Waals surface area contributed by atoms with Gasteiger partial charge in [-0.15, -0.1) is 0 Å². The second-order valence-corrected chi connectivity index (χ2v) is 5.81. The van der Waals surface area contributed by atoms with Gasteiger partial charge in [-0.2, -0.15) is 4.98 Å². The second kappa shape index (κ2) is 7.04. The van der Waals surface area contributed by atoms with E-state index in [1.165, 1.54) is 19.3 Å². The topological polar surface area (TPSA) is 55.7 Å². The average Bonchev–Trinajstić information content (AvgIpc) is 2.57. The van der Waals surface area contributed by atoms with Crippen molar-refractivity contribution < 1.29 is 5.11 Å². The van der Waals surface area contributed by atoms with Gasteiger partial charge in [0.15, 0.2) is 0 Å². The number of β-amino-alcohol motifs (C(OH)–C–C–N with tert-alkyl or cyclic N) is 1. The second-order valence-electron chi connectivity index (χ2n) is 5.81. The third kappa shape index (κ3) is 3.63. The van der Waals surface area contributed by atoms with E-state index in [4.69, 9.17) is 10.1 Å². The highest BCUT2D eigenvalue weighted by atomic mass is 16.3. The van der Waals surface area contributed by atoms with Gasteiger partial charge in [0.1, 0.15) is 5.82 Å². The number of piperidine rings is 1. The number of aliphatic hydroxyl groups excluding tert-OH is 1. The van der Waals surface area contributed by atoms with Gasteiger partial charge in [-0.25, -0.2) is 4.98 Å². The lowest BCUT2D eigenvalue weighted by Gasteiger charge is -2.35. The van der Waals surface area contributed by atoms with E-state index >= 15 is 0 Å². The highest BCUT2D eigenvalue weighted by molar-refractivity contribution is 5.44. The predicted molar refractivity (Wildman–Crippen MR) is 83.8 cm³/mol. The number of hydrogen-bond acceptors (Lipinski definition) is 6. The number of nitrogens with zero attached hydrogens (tertiary/aromatic N) is 5. The Bertz CT molecular complexity index is 441. The van der Waals surface area contributed by atoms with Crippen LogP contribution in [-0.2, 0) is 0 Å². The molecule has 0 radical (unpaired) electrons. The lowest BCUT2D eigenvalue weighted by molar-refractivity contribution is 0.188. The fraction of sp³-hybridized carbons (Fsp3) is 0.733. The molecule has 2 saturated heterocycles. The number of rotatable bonds is 4. The van der Waals surface area contributed by atoms with E-state index in [1.54, 1.807) is 0 Å². The van der Waals surface area contributed by atoms with Gasteiger partial charge in [0.05, 0.1) is 6.61 Å². The minimum absolute atomic E-state index is 0.243. The van der Waals surface area contributed by atoms with Crippen LogP contribution in [0.2, 0.25) is 0 Å². The molecule has 2 aliphatic rings. The number of aliphatic hydroxyl groups is 1. The summed E-state index contributed by atoms with van der Waals surface area (Å²) in [6.45, 7) is 7.09. The number of hydrogen-bond donors (Lipinski definition) is 1. The lowest BCUT2D eigenvalue weighted by atomic mass is 10.1. The molecule has 3 rings (SSSR count). The molecular formula is C15H25N5O. The molecule has 0 atom stereocenters. The Morgan fingerprint density at radius 2 is 1.71 bits per heavy atom. The van der Waals surface area contributed by atoms with Gasteiger partial charge >= 0.3 is 0 Å². The Morgan fingerprint density at radius 1 is 0.952 bits per heavy atom. The third-order valence-electron chi connectivity index (χ3n) is 4.38. The summed E-state index contributed by atoms with van der Waals surface area (Å²) in [5, 5.41) is 9.00. The van der Waals surface area contributed by atoms with Crippen LogP contribution >= 0.6 is 0 Å². The van der Waals surface area contributed by atoms with Crippen LogP contribution in [0.1, 0.15) is 19.3 Å². The SMILES string of the molecule is OCCN1CCN(c2ccnc(N3CCCCC3)n2)CC1. The van der Waals surface area contributed by atoms with Crippen molar-refractivity contribution in [1.82, 2.24) is 14.9 Å². The Hall–Kier alpha value is -1.40. The lowest BCUT2D eigenvalue weighted by Crippen LogP contribution is -2.47. The monoisotopic (exact) mass is 291 g/mol. The molecule has 0 bridgehead atoms. The van der Waals surface area contributed by atoms with Gasteiger partial charge in [-0.05, 0) is 25.3 Å². The van der Waals surface area contributed by atoms with Crippen LogP contribution in [0, 0.1) is 0 Å². The molecule has 0 aliphatic carbocycles. The Balaban J connectivity index is 1.63. The first-order valence-corrected chi connectivity index (χ1v) is 8.03. The molecule has 0 saturated carbocycles. The molecule has 116 valence electrons. The van der Waals surface area contributed by atoms with Crippen molar-refractivity contribution in [2.45, 2.75) is 19.3 Å².